The van der Waals surface area contributed by atoms with Crippen LogP contribution >= 0.6 is 23.2 Å². The molecule has 1 aliphatic rings. The molecule has 2 N–H and O–H groups in total. The van der Waals surface area contributed by atoms with Gasteiger partial charge in [-0.05, 0) is 29.8 Å². The molecular weight excluding hydrogens is 467 g/mol. The number of nitrogens with one attached hydrogen (secondary N) is 2. The Hall–Kier alpha value is -3.36. The Morgan fingerprint density at radius 2 is 1.85 bits per heavy atom. The van der Waals surface area contributed by atoms with Crippen molar-refractivity contribution in [2.75, 3.05) is 19.0 Å². The van der Waals surface area contributed by atoms with E-state index in [2.05, 4.69) is 20.6 Å². The van der Waals surface area contributed by atoms with Crippen LogP contribution < -0.4 is 20.1 Å². The zero-order valence-corrected chi connectivity index (χ0v) is 19.1. The van der Waals surface area contributed by atoms with Gasteiger partial charge in [0.05, 0.1) is 29.4 Å². The fraction of sp³-hybridized carbons (Fsp3) is 0.217. The van der Waals surface area contributed by atoms with E-state index in [-0.39, 0.29) is 40.6 Å². The number of fused-ring (bicyclic) bond motifs is 1. The molecule has 4 rings (SSSR count). The number of ether oxygens (including phenoxy) is 2. The van der Waals surface area contributed by atoms with E-state index in [4.69, 9.17) is 32.7 Å². The first kappa shape index (κ1) is 22.8. The van der Waals surface area contributed by atoms with Gasteiger partial charge in [0, 0.05) is 54.8 Å². The van der Waals surface area contributed by atoms with Gasteiger partial charge >= 0.3 is 0 Å². The second kappa shape index (κ2) is 10.1. The number of nitrogens with zero attached hydrogens (tertiary/aromatic N) is 2. The SMILES string of the molecule is COc1ccc(C(=O)Nc2c(Cl)cncc2Cl)c2c1OCC2CC(=O)NCc1ccncc1. The second-order valence-electron chi connectivity index (χ2n) is 7.33. The molecule has 0 aliphatic carbocycles. The molecule has 2 aromatic heterocycles. The van der Waals surface area contributed by atoms with Gasteiger partial charge in [0.25, 0.3) is 5.91 Å². The summed E-state index contributed by atoms with van der Waals surface area (Å²) in [7, 11) is 1.52. The number of methoxy groups -OCH3 is 1. The fourth-order valence-corrected chi connectivity index (χ4v) is 4.09. The number of rotatable bonds is 7. The summed E-state index contributed by atoms with van der Waals surface area (Å²) in [6.07, 6.45) is 6.26. The molecule has 0 spiro atoms. The molecule has 3 aromatic rings. The molecule has 10 heteroatoms. The van der Waals surface area contributed by atoms with Gasteiger partial charge in [0.1, 0.15) is 0 Å². The van der Waals surface area contributed by atoms with E-state index < -0.39 is 5.91 Å². The minimum Gasteiger partial charge on any atom is -0.493 e. The lowest BCUT2D eigenvalue weighted by atomic mass is 9.92. The van der Waals surface area contributed by atoms with Gasteiger partial charge in [-0.25, -0.2) is 0 Å². The molecule has 8 nitrogen and oxygen atoms in total. The number of amides is 2. The van der Waals surface area contributed by atoms with E-state index in [1.165, 1.54) is 19.5 Å². The zero-order chi connectivity index (χ0) is 23.4. The average molecular weight is 487 g/mol. The predicted molar refractivity (Wildman–Crippen MR) is 124 cm³/mol. The van der Waals surface area contributed by atoms with E-state index in [1.54, 1.807) is 24.5 Å². The highest BCUT2D eigenvalue weighted by molar-refractivity contribution is 6.39. The van der Waals surface area contributed by atoms with Gasteiger partial charge in [0.2, 0.25) is 5.91 Å². The summed E-state index contributed by atoms with van der Waals surface area (Å²) in [5.74, 6) is 0.00107. The molecule has 3 heterocycles. The molecule has 2 amide bonds. The minimum absolute atomic E-state index is 0.141. The summed E-state index contributed by atoms with van der Waals surface area (Å²) in [5, 5.41) is 6.05. The molecule has 0 radical (unpaired) electrons. The summed E-state index contributed by atoms with van der Waals surface area (Å²) < 4.78 is 11.2. The largest absolute Gasteiger partial charge is 0.493 e. The number of benzene rings is 1. The van der Waals surface area contributed by atoms with E-state index in [9.17, 15) is 9.59 Å². The van der Waals surface area contributed by atoms with E-state index in [0.29, 0.717) is 29.2 Å². The van der Waals surface area contributed by atoms with Crippen molar-refractivity contribution in [3.8, 4) is 11.5 Å². The summed E-state index contributed by atoms with van der Waals surface area (Å²) in [6.45, 7) is 0.627. The molecule has 1 atom stereocenters. The molecule has 0 saturated heterocycles. The topological polar surface area (TPSA) is 102 Å². The number of aromatic nitrogens is 2. The van der Waals surface area contributed by atoms with Crippen molar-refractivity contribution >= 4 is 40.7 Å². The van der Waals surface area contributed by atoms with Crippen LogP contribution in [0.3, 0.4) is 0 Å². The number of hydrogen-bond donors (Lipinski definition) is 2. The molecular formula is C23H20Cl2N4O4. The van der Waals surface area contributed by atoms with Crippen LogP contribution in [-0.2, 0) is 11.3 Å². The first-order valence-corrected chi connectivity index (χ1v) is 10.8. The molecule has 0 fully saturated rings. The minimum atomic E-state index is -0.434. The third kappa shape index (κ3) is 5.02. The van der Waals surface area contributed by atoms with Gasteiger partial charge < -0.3 is 20.1 Å². The predicted octanol–water partition coefficient (Wildman–Crippen LogP) is 4.23. The van der Waals surface area contributed by atoms with Crippen LogP contribution in [0.4, 0.5) is 5.69 Å². The molecule has 0 saturated carbocycles. The standard InChI is InChI=1S/C23H20Cl2N4O4/c1-32-18-3-2-15(23(31)29-21-16(24)10-27-11-17(21)25)20-14(12-33-22(18)20)8-19(30)28-9-13-4-6-26-7-5-13/h2-7,10-11,14H,8-9,12H2,1H3,(H,28,30)(H,27,29,31). The van der Waals surface area contributed by atoms with Crippen molar-refractivity contribution in [2.24, 2.45) is 0 Å². The van der Waals surface area contributed by atoms with Crippen LogP contribution in [0.25, 0.3) is 0 Å². The van der Waals surface area contributed by atoms with Gasteiger partial charge in [-0.15, -0.1) is 0 Å². The summed E-state index contributed by atoms with van der Waals surface area (Å²) in [5.41, 5.74) is 2.15. The van der Waals surface area contributed by atoms with Crippen molar-refractivity contribution in [3.05, 3.63) is 75.8 Å². The Kier molecular flexibility index (Phi) is 6.96. The molecule has 1 unspecified atom stereocenters. The lowest BCUT2D eigenvalue weighted by Gasteiger charge is -2.15. The molecule has 33 heavy (non-hydrogen) atoms. The first-order chi connectivity index (χ1) is 16.0. The lowest BCUT2D eigenvalue weighted by molar-refractivity contribution is -0.121. The van der Waals surface area contributed by atoms with Crippen LogP contribution in [0.15, 0.2) is 49.1 Å². The van der Waals surface area contributed by atoms with Crippen molar-refractivity contribution in [2.45, 2.75) is 18.9 Å². The van der Waals surface area contributed by atoms with Gasteiger partial charge in [0.15, 0.2) is 11.5 Å². The quantitative estimate of drug-likeness (QED) is 0.517. The maximum Gasteiger partial charge on any atom is 0.256 e. The normalized spacial score (nSPS) is 14.2. The molecule has 1 aromatic carbocycles. The highest BCUT2D eigenvalue weighted by Crippen LogP contribution is 2.45. The Morgan fingerprint density at radius 1 is 1.12 bits per heavy atom. The number of anilines is 1. The van der Waals surface area contributed by atoms with Gasteiger partial charge in [-0.1, -0.05) is 23.2 Å². The highest BCUT2D eigenvalue weighted by Gasteiger charge is 2.34. The first-order valence-electron chi connectivity index (χ1n) is 10.1. The lowest BCUT2D eigenvalue weighted by Crippen LogP contribution is -2.25. The Morgan fingerprint density at radius 3 is 2.55 bits per heavy atom. The van der Waals surface area contributed by atoms with Crippen LogP contribution in [0.5, 0.6) is 11.5 Å². The van der Waals surface area contributed by atoms with E-state index >= 15 is 0 Å². The Bertz CT molecular complexity index is 1170. The van der Waals surface area contributed by atoms with Crippen molar-refractivity contribution in [1.29, 1.82) is 0 Å². The number of carbonyl (C=O) groups is 2. The number of pyridine rings is 2. The number of carbonyl (C=O) groups excluding carboxylic acids is 2. The summed E-state index contributed by atoms with van der Waals surface area (Å²) in [6, 6.07) is 6.94. The monoisotopic (exact) mass is 486 g/mol. The van der Waals surface area contributed by atoms with Crippen LogP contribution in [0.1, 0.15) is 33.8 Å². The number of hydrogen-bond acceptors (Lipinski definition) is 6. The van der Waals surface area contributed by atoms with Crippen LogP contribution in [-0.4, -0.2) is 35.5 Å². The van der Waals surface area contributed by atoms with Crippen molar-refractivity contribution < 1.29 is 19.1 Å². The molecule has 1 aliphatic heterocycles. The van der Waals surface area contributed by atoms with Crippen molar-refractivity contribution in [1.82, 2.24) is 15.3 Å². The summed E-state index contributed by atoms with van der Waals surface area (Å²) in [4.78, 5) is 33.7. The third-order valence-corrected chi connectivity index (χ3v) is 5.80. The maximum atomic E-state index is 13.2. The third-order valence-electron chi connectivity index (χ3n) is 5.22. The number of halogens is 2. The van der Waals surface area contributed by atoms with Crippen molar-refractivity contribution in [3.63, 3.8) is 0 Å². The van der Waals surface area contributed by atoms with Gasteiger partial charge in [-0.3, -0.25) is 19.6 Å². The highest BCUT2D eigenvalue weighted by atomic mass is 35.5. The van der Waals surface area contributed by atoms with E-state index in [0.717, 1.165) is 5.56 Å². The maximum absolute atomic E-state index is 13.2. The van der Waals surface area contributed by atoms with Gasteiger partial charge in [-0.2, -0.15) is 0 Å². The second-order valence-corrected chi connectivity index (χ2v) is 8.15. The molecule has 170 valence electrons. The fourth-order valence-electron chi connectivity index (χ4n) is 3.63. The summed E-state index contributed by atoms with van der Waals surface area (Å²) >= 11 is 12.3. The van der Waals surface area contributed by atoms with Crippen LogP contribution in [0.2, 0.25) is 10.0 Å². The molecule has 0 bridgehead atoms. The average Bonchev–Trinajstić information content (AvgIpc) is 3.24. The zero-order valence-electron chi connectivity index (χ0n) is 17.6. The van der Waals surface area contributed by atoms with E-state index in [1.807, 2.05) is 12.1 Å². The smallest absolute Gasteiger partial charge is 0.256 e. The Balaban J connectivity index is 1.56. The van der Waals surface area contributed by atoms with Crippen LogP contribution in [0, 0.1) is 0 Å². The Labute approximate surface area is 200 Å².